The Bertz CT molecular complexity index is 599. The number of aromatic nitrogens is 2. The standard InChI is InChI=1S/C15H20N2O2/c1-5-11-6-12(15(18)19-4)7-13-14(11)16-9-17(13)8-10(2)3/h6-7,9-10H,5,8H2,1-4H3. The van der Waals surface area contributed by atoms with Gasteiger partial charge in [0.25, 0.3) is 0 Å². The molecule has 4 heteroatoms. The highest BCUT2D eigenvalue weighted by atomic mass is 16.5. The molecule has 0 aliphatic heterocycles. The first-order valence-corrected chi connectivity index (χ1v) is 6.62. The second kappa shape index (κ2) is 5.43. The fraction of sp³-hybridized carbons (Fsp3) is 0.467. The first-order valence-electron chi connectivity index (χ1n) is 6.62. The molecule has 0 saturated carbocycles. The molecule has 19 heavy (non-hydrogen) atoms. The summed E-state index contributed by atoms with van der Waals surface area (Å²) in [6, 6.07) is 3.75. The molecule has 0 unspecified atom stereocenters. The van der Waals surface area contributed by atoms with Crippen LogP contribution in [0.15, 0.2) is 18.5 Å². The molecule has 0 fully saturated rings. The summed E-state index contributed by atoms with van der Waals surface area (Å²) in [4.78, 5) is 16.2. The number of nitrogens with zero attached hydrogens (tertiary/aromatic N) is 2. The van der Waals surface area contributed by atoms with E-state index >= 15 is 0 Å². The number of carbonyl (C=O) groups excluding carboxylic acids is 1. The van der Waals surface area contributed by atoms with E-state index in [1.54, 1.807) is 0 Å². The van der Waals surface area contributed by atoms with Gasteiger partial charge in [0.2, 0.25) is 0 Å². The van der Waals surface area contributed by atoms with E-state index in [0.717, 1.165) is 29.6 Å². The lowest BCUT2D eigenvalue weighted by molar-refractivity contribution is 0.0601. The van der Waals surface area contributed by atoms with Gasteiger partial charge in [-0.3, -0.25) is 0 Å². The van der Waals surface area contributed by atoms with E-state index in [0.29, 0.717) is 11.5 Å². The van der Waals surface area contributed by atoms with E-state index in [9.17, 15) is 4.79 Å². The fourth-order valence-electron chi connectivity index (χ4n) is 2.28. The van der Waals surface area contributed by atoms with Crippen LogP contribution in [-0.2, 0) is 17.7 Å². The molecule has 102 valence electrons. The molecule has 2 aromatic rings. The summed E-state index contributed by atoms with van der Waals surface area (Å²) in [5.41, 5.74) is 3.67. The average molecular weight is 260 g/mol. The van der Waals surface area contributed by atoms with Crippen LogP contribution in [0.3, 0.4) is 0 Å². The van der Waals surface area contributed by atoms with Gasteiger partial charge in [-0.25, -0.2) is 9.78 Å². The van der Waals surface area contributed by atoms with Crippen LogP contribution in [0, 0.1) is 5.92 Å². The average Bonchev–Trinajstić information content (AvgIpc) is 2.79. The first-order chi connectivity index (χ1) is 9.06. The van der Waals surface area contributed by atoms with Gasteiger partial charge in [-0.1, -0.05) is 20.8 Å². The minimum absolute atomic E-state index is 0.297. The van der Waals surface area contributed by atoms with E-state index in [-0.39, 0.29) is 5.97 Å². The van der Waals surface area contributed by atoms with Crippen LogP contribution >= 0.6 is 0 Å². The summed E-state index contributed by atoms with van der Waals surface area (Å²) in [6.45, 7) is 7.29. The third-order valence-corrected chi connectivity index (χ3v) is 3.17. The van der Waals surface area contributed by atoms with Crippen LogP contribution in [0.1, 0.15) is 36.7 Å². The maximum absolute atomic E-state index is 11.7. The molecule has 0 aliphatic carbocycles. The Morgan fingerprint density at radius 1 is 1.42 bits per heavy atom. The summed E-state index contributed by atoms with van der Waals surface area (Å²) in [5.74, 6) is 0.234. The van der Waals surface area contributed by atoms with Crippen molar-refractivity contribution in [2.75, 3.05) is 7.11 Å². The molecular formula is C15H20N2O2. The van der Waals surface area contributed by atoms with Crippen molar-refractivity contribution in [3.63, 3.8) is 0 Å². The minimum atomic E-state index is -0.297. The van der Waals surface area contributed by atoms with Crippen molar-refractivity contribution in [2.45, 2.75) is 33.7 Å². The van der Waals surface area contributed by atoms with Crippen LogP contribution in [0.2, 0.25) is 0 Å². The summed E-state index contributed by atoms with van der Waals surface area (Å²) < 4.78 is 6.92. The Labute approximate surface area is 113 Å². The number of hydrogen-bond acceptors (Lipinski definition) is 3. The highest BCUT2D eigenvalue weighted by molar-refractivity contribution is 5.94. The molecule has 0 N–H and O–H groups in total. The van der Waals surface area contributed by atoms with Crippen LogP contribution in [-0.4, -0.2) is 22.6 Å². The molecule has 1 aromatic carbocycles. The Kier molecular flexibility index (Phi) is 3.88. The van der Waals surface area contributed by atoms with Crippen LogP contribution in [0.25, 0.3) is 11.0 Å². The van der Waals surface area contributed by atoms with Gasteiger partial charge in [0.1, 0.15) is 0 Å². The second-order valence-corrected chi connectivity index (χ2v) is 5.14. The van der Waals surface area contributed by atoms with Gasteiger partial charge in [-0.2, -0.15) is 0 Å². The van der Waals surface area contributed by atoms with Gasteiger partial charge in [0.15, 0.2) is 0 Å². The largest absolute Gasteiger partial charge is 0.465 e. The predicted molar refractivity (Wildman–Crippen MR) is 75.3 cm³/mol. The summed E-state index contributed by atoms with van der Waals surface area (Å²) in [5, 5.41) is 0. The van der Waals surface area contributed by atoms with Crippen molar-refractivity contribution in [3.8, 4) is 0 Å². The SMILES string of the molecule is CCc1cc(C(=O)OC)cc2c1ncn2CC(C)C. The molecule has 2 rings (SSSR count). The molecule has 0 radical (unpaired) electrons. The zero-order chi connectivity index (χ0) is 14.0. The number of ether oxygens (including phenoxy) is 1. The number of benzene rings is 1. The van der Waals surface area contributed by atoms with Crippen molar-refractivity contribution >= 4 is 17.0 Å². The number of hydrogen-bond donors (Lipinski definition) is 0. The van der Waals surface area contributed by atoms with Gasteiger partial charge in [-0.15, -0.1) is 0 Å². The number of aryl methyl sites for hydroxylation is 1. The molecule has 0 atom stereocenters. The maximum Gasteiger partial charge on any atom is 0.337 e. The zero-order valence-electron chi connectivity index (χ0n) is 11.9. The van der Waals surface area contributed by atoms with E-state index < -0.39 is 0 Å². The zero-order valence-corrected chi connectivity index (χ0v) is 11.9. The van der Waals surface area contributed by atoms with Crippen molar-refractivity contribution in [3.05, 3.63) is 29.6 Å². The number of imidazole rings is 1. The molecule has 4 nitrogen and oxygen atoms in total. The molecular weight excluding hydrogens is 240 g/mol. The molecule has 0 bridgehead atoms. The molecule has 1 heterocycles. The lowest BCUT2D eigenvalue weighted by Crippen LogP contribution is -2.05. The third-order valence-electron chi connectivity index (χ3n) is 3.17. The number of fused-ring (bicyclic) bond motifs is 1. The Morgan fingerprint density at radius 3 is 2.74 bits per heavy atom. The van der Waals surface area contributed by atoms with E-state index in [2.05, 4.69) is 30.3 Å². The molecule has 1 aromatic heterocycles. The van der Waals surface area contributed by atoms with Gasteiger partial charge in [0.05, 0.1) is 30.0 Å². The lowest BCUT2D eigenvalue weighted by Gasteiger charge is -2.09. The highest BCUT2D eigenvalue weighted by Crippen LogP contribution is 2.22. The van der Waals surface area contributed by atoms with E-state index in [1.807, 2.05) is 18.5 Å². The van der Waals surface area contributed by atoms with Crippen molar-refractivity contribution < 1.29 is 9.53 Å². The Morgan fingerprint density at radius 2 is 2.16 bits per heavy atom. The van der Waals surface area contributed by atoms with E-state index in [1.165, 1.54) is 7.11 Å². The Balaban J connectivity index is 2.60. The molecule has 0 amide bonds. The highest BCUT2D eigenvalue weighted by Gasteiger charge is 2.13. The minimum Gasteiger partial charge on any atom is -0.465 e. The summed E-state index contributed by atoms with van der Waals surface area (Å²) in [7, 11) is 1.41. The lowest BCUT2D eigenvalue weighted by atomic mass is 10.1. The summed E-state index contributed by atoms with van der Waals surface area (Å²) in [6.07, 6.45) is 2.70. The quantitative estimate of drug-likeness (QED) is 0.794. The predicted octanol–water partition coefficient (Wildman–Crippen LogP) is 3.04. The number of carbonyl (C=O) groups is 1. The molecule has 0 saturated heterocycles. The second-order valence-electron chi connectivity index (χ2n) is 5.14. The van der Waals surface area contributed by atoms with Crippen LogP contribution in [0.4, 0.5) is 0 Å². The number of esters is 1. The molecule has 0 spiro atoms. The van der Waals surface area contributed by atoms with Gasteiger partial charge in [-0.05, 0) is 30.0 Å². The van der Waals surface area contributed by atoms with Gasteiger partial charge < -0.3 is 9.30 Å². The number of rotatable bonds is 4. The normalized spacial score (nSPS) is 11.2. The smallest absolute Gasteiger partial charge is 0.337 e. The van der Waals surface area contributed by atoms with E-state index in [4.69, 9.17) is 4.74 Å². The molecule has 0 aliphatic rings. The van der Waals surface area contributed by atoms with Crippen LogP contribution < -0.4 is 0 Å². The van der Waals surface area contributed by atoms with Crippen LogP contribution in [0.5, 0.6) is 0 Å². The van der Waals surface area contributed by atoms with Gasteiger partial charge >= 0.3 is 5.97 Å². The third kappa shape index (κ3) is 2.62. The fourth-order valence-corrected chi connectivity index (χ4v) is 2.28. The Hall–Kier alpha value is -1.84. The topological polar surface area (TPSA) is 44.1 Å². The van der Waals surface area contributed by atoms with Crippen molar-refractivity contribution in [1.29, 1.82) is 0 Å². The van der Waals surface area contributed by atoms with Crippen molar-refractivity contribution in [2.24, 2.45) is 5.92 Å². The van der Waals surface area contributed by atoms with Gasteiger partial charge in [0, 0.05) is 6.54 Å². The number of methoxy groups -OCH3 is 1. The van der Waals surface area contributed by atoms with Crippen molar-refractivity contribution in [1.82, 2.24) is 9.55 Å². The first kappa shape index (κ1) is 13.6. The monoisotopic (exact) mass is 260 g/mol. The summed E-state index contributed by atoms with van der Waals surface area (Å²) >= 11 is 0. The maximum atomic E-state index is 11.7.